The first kappa shape index (κ1) is 12.6. The van der Waals surface area contributed by atoms with Gasteiger partial charge >= 0.3 is 0 Å². The van der Waals surface area contributed by atoms with Crippen molar-refractivity contribution >= 4 is 11.6 Å². The molecule has 3 rings (SSSR count). The number of aromatic amines is 1. The van der Waals surface area contributed by atoms with Gasteiger partial charge in [0, 0.05) is 18.3 Å². The first-order chi connectivity index (χ1) is 9.74. The normalized spacial score (nSPS) is 13.6. The Morgan fingerprint density at radius 2 is 2.15 bits per heavy atom. The van der Waals surface area contributed by atoms with Gasteiger partial charge in [0.25, 0.3) is 11.5 Å². The third-order valence-corrected chi connectivity index (χ3v) is 3.30. The van der Waals surface area contributed by atoms with E-state index in [9.17, 15) is 9.59 Å². The highest BCUT2D eigenvalue weighted by Crippen LogP contribution is 2.23. The van der Waals surface area contributed by atoms with Crippen molar-refractivity contribution in [3.05, 3.63) is 57.5 Å². The average Bonchev–Trinajstić information content (AvgIpc) is 2.48. The number of carbonyl (C=O) groups is 1. The van der Waals surface area contributed by atoms with Crippen molar-refractivity contribution in [1.29, 1.82) is 0 Å². The Labute approximate surface area is 115 Å². The van der Waals surface area contributed by atoms with E-state index in [1.54, 1.807) is 0 Å². The minimum atomic E-state index is -0.329. The molecule has 0 saturated carbocycles. The lowest BCUT2D eigenvalue weighted by Gasteiger charge is -2.20. The van der Waals surface area contributed by atoms with Gasteiger partial charge in [-0.25, -0.2) is 5.10 Å². The predicted octanol–water partition coefficient (Wildman–Crippen LogP) is 0.668. The Balaban J connectivity index is 1.86. The number of H-pyrrole nitrogens is 1. The summed E-state index contributed by atoms with van der Waals surface area (Å²) in [5.41, 5.74) is 3.02. The Morgan fingerprint density at radius 3 is 2.95 bits per heavy atom. The summed E-state index contributed by atoms with van der Waals surface area (Å²) in [5.74, 6) is -0.326. The van der Waals surface area contributed by atoms with Gasteiger partial charge in [-0.15, -0.1) is 0 Å². The van der Waals surface area contributed by atoms with Gasteiger partial charge in [-0.1, -0.05) is 12.1 Å². The van der Waals surface area contributed by atoms with E-state index in [-0.39, 0.29) is 17.2 Å². The van der Waals surface area contributed by atoms with Gasteiger partial charge in [-0.3, -0.25) is 9.59 Å². The minimum absolute atomic E-state index is 0.191. The number of nitrogens with zero attached hydrogens (tertiary/aromatic N) is 1. The second-order valence-electron chi connectivity index (χ2n) is 4.63. The van der Waals surface area contributed by atoms with Crippen LogP contribution in [-0.4, -0.2) is 22.6 Å². The van der Waals surface area contributed by atoms with Crippen molar-refractivity contribution in [1.82, 2.24) is 15.5 Å². The van der Waals surface area contributed by atoms with Crippen LogP contribution in [0.15, 0.2) is 35.1 Å². The molecule has 1 aliphatic heterocycles. The summed E-state index contributed by atoms with van der Waals surface area (Å²) in [7, 11) is 0. The maximum absolute atomic E-state index is 12.1. The fourth-order valence-corrected chi connectivity index (χ4v) is 2.31. The molecular weight excluding hydrogens is 256 g/mol. The lowest BCUT2D eigenvalue weighted by Crippen LogP contribution is -2.25. The fourth-order valence-electron chi connectivity index (χ4n) is 2.31. The fraction of sp³-hybridized carbons (Fsp3) is 0.214. The standard InChI is InChI=1S/C14H14N4O2/c19-13-5-4-12(17-18-13)14(20)16-11-3-1-2-9-8-15-7-6-10(9)11/h1-5,15H,6-8H2,(H,16,20)(H,18,19). The monoisotopic (exact) mass is 270 g/mol. The molecule has 0 fully saturated rings. The summed E-state index contributed by atoms with van der Waals surface area (Å²) < 4.78 is 0. The van der Waals surface area contributed by atoms with Crippen molar-refractivity contribution in [3.8, 4) is 0 Å². The highest BCUT2D eigenvalue weighted by molar-refractivity contribution is 6.03. The maximum Gasteiger partial charge on any atom is 0.276 e. The van der Waals surface area contributed by atoms with E-state index in [0.717, 1.165) is 30.8 Å². The van der Waals surface area contributed by atoms with Gasteiger partial charge in [-0.05, 0) is 36.2 Å². The topological polar surface area (TPSA) is 86.9 Å². The number of fused-ring (bicyclic) bond motifs is 1. The molecule has 1 aromatic carbocycles. The summed E-state index contributed by atoms with van der Waals surface area (Å²) in [6.07, 6.45) is 0.880. The van der Waals surface area contributed by atoms with Crippen molar-refractivity contribution in [3.63, 3.8) is 0 Å². The number of benzene rings is 1. The molecule has 0 radical (unpaired) electrons. The lowest BCUT2D eigenvalue weighted by atomic mass is 9.99. The number of anilines is 1. The number of rotatable bonds is 2. The van der Waals surface area contributed by atoms with Gasteiger partial charge in [-0.2, -0.15) is 5.10 Å². The molecule has 2 heterocycles. The molecule has 0 saturated heterocycles. The Hall–Kier alpha value is -2.47. The van der Waals surface area contributed by atoms with E-state index in [1.807, 2.05) is 12.1 Å². The summed E-state index contributed by atoms with van der Waals surface area (Å²) in [6, 6.07) is 8.54. The predicted molar refractivity (Wildman–Crippen MR) is 74.7 cm³/mol. The van der Waals surface area contributed by atoms with Crippen molar-refractivity contribution < 1.29 is 4.79 Å². The molecule has 0 spiro atoms. The molecule has 0 unspecified atom stereocenters. The molecule has 3 N–H and O–H groups in total. The van der Waals surface area contributed by atoms with Gasteiger partial charge < -0.3 is 10.6 Å². The first-order valence-corrected chi connectivity index (χ1v) is 6.42. The van der Waals surface area contributed by atoms with Crippen LogP contribution in [0.25, 0.3) is 0 Å². The zero-order valence-electron chi connectivity index (χ0n) is 10.8. The molecule has 6 nitrogen and oxygen atoms in total. The molecule has 1 aromatic heterocycles. The van der Waals surface area contributed by atoms with Gasteiger partial charge in [0.2, 0.25) is 0 Å². The van der Waals surface area contributed by atoms with Crippen LogP contribution in [0.2, 0.25) is 0 Å². The highest BCUT2D eigenvalue weighted by Gasteiger charge is 2.15. The van der Waals surface area contributed by atoms with E-state index in [0.29, 0.717) is 0 Å². The largest absolute Gasteiger partial charge is 0.320 e. The maximum atomic E-state index is 12.1. The second kappa shape index (κ2) is 5.26. The molecule has 0 atom stereocenters. The van der Waals surface area contributed by atoms with E-state index >= 15 is 0 Å². The first-order valence-electron chi connectivity index (χ1n) is 6.42. The van der Waals surface area contributed by atoms with Crippen molar-refractivity contribution in [2.45, 2.75) is 13.0 Å². The zero-order valence-corrected chi connectivity index (χ0v) is 10.8. The number of carbonyl (C=O) groups excluding carboxylic acids is 1. The third kappa shape index (κ3) is 2.46. The summed E-state index contributed by atoms with van der Waals surface area (Å²) >= 11 is 0. The van der Waals surface area contributed by atoms with Gasteiger partial charge in [0.1, 0.15) is 5.69 Å². The molecule has 2 aromatic rings. The number of hydrogen-bond donors (Lipinski definition) is 3. The molecule has 102 valence electrons. The SMILES string of the molecule is O=C(Nc1cccc2c1CCNC2)c1ccc(=O)[nH]n1. The van der Waals surface area contributed by atoms with E-state index < -0.39 is 0 Å². The number of amides is 1. The number of hydrogen-bond acceptors (Lipinski definition) is 4. The van der Waals surface area contributed by atoms with E-state index in [4.69, 9.17) is 0 Å². The van der Waals surface area contributed by atoms with E-state index in [1.165, 1.54) is 17.7 Å². The minimum Gasteiger partial charge on any atom is -0.320 e. The third-order valence-electron chi connectivity index (χ3n) is 3.30. The van der Waals surface area contributed by atoms with Gasteiger partial charge in [0.15, 0.2) is 0 Å². The molecule has 0 aliphatic carbocycles. The van der Waals surface area contributed by atoms with Crippen LogP contribution in [0.3, 0.4) is 0 Å². The quantitative estimate of drug-likeness (QED) is 0.748. The Morgan fingerprint density at radius 1 is 1.25 bits per heavy atom. The second-order valence-corrected chi connectivity index (χ2v) is 4.63. The van der Waals surface area contributed by atoms with Crippen LogP contribution in [0.5, 0.6) is 0 Å². The van der Waals surface area contributed by atoms with Crippen LogP contribution >= 0.6 is 0 Å². The summed E-state index contributed by atoms with van der Waals surface area (Å²) in [4.78, 5) is 23.0. The molecule has 6 heteroatoms. The van der Waals surface area contributed by atoms with Crippen LogP contribution in [-0.2, 0) is 13.0 Å². The molecule has 20 heavy (non-hydrogen) atoms. The number of aromatic nitrogens is 2. The van der Waals surface area contributed by atoms with Crippen molar-refractivity contribution in [2.75, 3.05) is 11.9 Å². The average molecular weight is 270 g/mol. The highest BCUT2D eigenvalue weighted by atomic mass is 16.2. The molecule has 1 aliphatic rings. The summed E-state index contributed by atoms with van der Waals surface area (Å²) in [6.45, 7) is 1.72. The molecular formula is C14H14N4O2. The Bertz CT molecular complexity index is 688. The van der Waals surface area contributed by atoms with E-state index in [2.05, 4.69) is 26.9 Å². The van der Waals surface area contributed by atoms with Gasteiger partial charge in [0.05, 0.1) is 0 Å². The Kier molecular flexibility index (Phi) is 3.30. The van der Waals surface area contributed by atoms with Crippen LogP contribution in [0, 0.1) is 0 Å². The zero-order chi connectivity index (χ0) is 13.9. The van der Waals surface area contributed by atoms with Crippen LogP contribution in [0.1, 0.15) is 21.6 Å². The smallest absolute Gasteiger partial charge is 0.276 e. The number of nitrogens with one attached hydrogen (secondary N) is 3. The van der Waals surface area contributed by atoms with Crippen LogP contribution in [0.4, 0.5) is 5.69 Å². The summed E-state index contributed by atoms with van der Waals surface area (Å²) in [5, 5.41) is 12.1. The van der Waals surface area contributed by atoms with Crippen molar-refractivity contribution in [2.24, 2.45) is 0 Å². The van der Waals surface area contributed by atoms with Crippen LogP contribution < -0.4 is 16.2 Å². The molecule has 1 amide bonds. The molecule has 0 bridgehead atoms. The lowest BCUT2D eigenvalue weighted by molar-refractivity contribution is 0.102.